The van der Waals surface area contributed by atoms with E-state index in [9.17, 15) is 5.11 Å². The number of aliphatic hydroxyl groups is 1. The van der Waals surface area contributed by atoms with Crippen molar-refractivity contribution in [2.24, 2.45) is 0 Å². The van der Waals surface area contributed by atoms with Crippen LogP contribution in [0.3, 0.4) is 0 Å². The van der Waals surface area contributed by atoms with Crippen LogP contribution in [0.4, 0.5) is 17.1 Å². The summed E-state index contributed by atoms with van der Waals surface area (Å²) in [5, 5.41) is 11.6. The van der Waals surface area contributed by atoms with Crippen LogP contribution in [0.1, 0.15) is 31.9 Å². The molecule has 4 nitrogen and oxygen atoms in total. The van der Waals surface area contributed by atoms with Gasteiger partial charge in [-0.25, -0.2) is 0 Å². The Morgan fingerprint density at radius 1 is 0.938 bits per heavy atom. The van der Waals surface area contributed by atoms with Crippen molar-refractivity contribution in [2.75, 3.05) is 30.5 Å². The molecule has 1 N–H and O–H groups in total. The molecule has 0 aliphatic carbocycles. The van der Waals surface area contributed by atoms with Gasteiger partial charge >= 0.3 is 0 Å². The van der Waals surface area contributed by atoms with Gasteiger partial charge in [-0.1, -0.05) is 50.3 Å². The first-order valence-electron chi connectivity index (χ1n) is 11.1. The van der Waals surface area contributed by atoms with E-state index >= 15 is 0 Å². The summed E-state index contributed by atoms with van der Waals surface area (Å²) in [4.78, 5) is 4.11. The van der Waals surface area contributed by atoms with Crippen molar-refractivity contribution in [3.05, 3.63) is 90.0 Å². The number of anilines is 3. The molecular formula is C28H32N2O2. The molecule has 0 aromatic heterocycles. The summed E-state index contributed by atoms with van der Waals surface area (Å²) >= 11 is 0. The van der Waals surface area contributed by atoms with E-state index in [0.717, 1.165) is 33.9 Å². The molecule has 3 aromatic rings. The van der Waals surface area contributed by atoms with Crippen LogP contribution in [0.2, 0.25) is 0 Å². The van der Waals surface area contributed by atoms with Crippen molar-refractivity contribution >= 4 is 23.1 Å². The molecule has 1 atom stereocenters. The van der Waals surface area contributed by atoms with Crippen molar-refractivity contribution in [1.29, 1.82) is 0 Å². The van der Waals surface area contributed by atoms with Crippen LogP contribution in [-0.4, -0.2) is 31.5 Å². The van der Waals surface area contributed by atoms with E-state index in [0.29, 0.717) is 6.61 Å². The molecule has 1 aliphatic heterocycles. The predicted molar refractivity (Wildman–Crippen MR) is 134 cm³/mol. The Balaban J connectivity index is 1.52. The standard InChI is InChI=1S/C28H32N2O2/c1-6-32-24-17-15-23(16-18-24)29(4)22-13-11-21(12-14-22)19-20-28(31)27(2,3)25-9-7-8-10-26(25)30(28)5/h7-20,31H,6H2,1-5H3. The molecule has 0 fully saturated rings. The smallest absolute Gasteiger partial charge is 0.166 e. The van der Waals surface area contributed by atoms with Gasteiger partial charge in [-0.2, -0.15) is 0 Å². The minimum absolute atomic E-state index is 0.428. The number of rotatable bonds is 6. The molecule has 4 heteroatoms. The van der Waals surface area contributed by atoms with Gasteiger partial charge in [-0.15, -0.1) is 0 Å². The summed E-state index contributed by atoms with van der Waals surface area (Å²) in [5.41, 5.74) is 3.92. The monoisotopic (exact) mass is 428 g/mol. The quantitative estimate of drug-likeness (QED) is 0.524. The Morgan fingerprint density at radius 3 is 2.12 bits per heavy atom. The van der Waals surface area contributed by atoms with Crippen LogP contribution >= 0.6 is 0 Å². The fourth-order valence-corrected chi connectivity index (χ4v) is 4.52. The highest BCUT2D eigenvalue weighted by Gasteiger charge is 2.53. The second kappa shape index (κ2) is 8.36. The van der Waals surface area contributed by atoms with Crippen LogP contribution < -0.4 is 14.5 Å². The van der Waals surface area contributed by atoms with Gasteiger partial charge in [0.15, 0.2) is 5.72 Å². The van der Waals surface area contributed by atoms with E-state index in [1.54, 1.807) is 0 Å². The maximum atomic E-state index is 11.6. The SMILES string of the molecule is CCOc1ccc(N(C)c2ccc(C=CC3(O)N(C)c4ccccc4C3(C)C)cc2)cc1. The average molecular weight is 429 g/mol. The molecule has 1 aliphatic rings. The van der Waals surface area contributed by atoms with Gasteiger partial charge in [0, 0.05) is 36.6 Å². The Labute approximate surface area is 191 Å². The maximum absolute atomic E-state index is 11.6. The molecule has 1 unspecified atom stereocenters. The van der Waals surface area contributed by atoms with Gasteiger partial charge in [0.1, 0.15) is 5.75 Å². The van der Waals surface area contributed by atoms with Gasteiger partial charge in [0.2, 0.25) is 0 Å². The Kier molecular flexibility index (Phi) is 5.74. The lowest BCUT2D eigenvalue weighted by atomic mass is 9.77. The highest BCUT2D eigenvalue weighted by Crippen LogP contribution is 2.50. The van der Waals surface area contributed by atoms with E-state index in [1.807, 2.05) is 55.3 Å². The van der Waals surface area contributed by atoms with E-state index in [4.69, 9.17) is 4.74 Å². The highest BCUT2D eigenvalue weighted by molar-refractivity contribution is 5.69. The lowest BCUT2D eigenvalue weighted by molar-refractivity contribution is 0.0348. The van der Waals surface area contributed by atoms with Crippen LogP contribution in [0.25, 0.3) is 6.08 Å². The number of para-hydroxylation sites is 1. The molecule has 1 heterocycles. The fourth-order valence-electron chi connectivity index (χ4n) is 4.52. The first kappa shape index (κ1) is 22.0. The molecule has 0 saturated heterocycles. The molecule has 166 valence electrons. The fraction of sp³-hybridized carbons (Fsp3) is 0.286. The number of likely N-dealkylation sites (N-methyl/N-ethyl adjacent to an activating group) is 1. The van der Waals surface area contributed by atoms with Crippen molar-refractivity contribution in [2.45, 2.75) is 31.9 Å². The largest absolute Gasteiger partial charge is 0.494 e. The zero-order valence-electron chi connectivity index (χ0n) is 19.5. The molecule has 0 saturated carbocycles. The van der Waals surface area contributed by atoms with Gasteiger partial charge in [0.25, 0.3) is 0 Å². The minimum atomic E-state index is -1.10. The highest BCUT2D eigenvalue weighted by atomic mass is 16.5. The summed E-state index contributed by atoms with van der Waals surface area (Å²) in [7, 11) is 4.00. The molecule has 0 bridgehead atoms. The van der Waals surface area contributed by atoms with Gasteiger partial charge in [-0.3, -0.25) is 0 Å². The predicted octanol–water partition coefficient (Wildman–Crippen LogP) is 5.98. The van der Waals surface area contributed by atoms with Crippen molar-refractivity contribution in [3.63, 3.8) is 0 Å². The summed E-state index contributed by atoms with van der Waals surface area (Å²) in [5.74, 6) is 0.880. The molecule has 0 radical (unpaired) electrons. The lowest BCUT2D eigenvalue weighted by Gasteiger charge is -2.39. The van der Waals surface area contributed by atoms with Gasteiger partial charge < -0.3 is 19.6 Å². The third-order valence-electron chi connectivity index (χ3n) is 6.69. The second-order valence-corrected chi connectivity index (χ2v) is 8.84. The topological polar surface area (TPSA) is 35.9 Å². The number of benzene rings is 3. The normalized spacial score (nSPS) is 19.2. The summed E-state index contributed by atoms with van der Waals surface area (Å²) in [6.45, 7) is 6.83. The van der Waals surface area contributed by atoms with Crippen molar-refractivity contribution in [3.8, 4) is 5.75 Å². The zero-order valence-corrected chi connectivity index (χ0v) is 19.5. The first-order valence-corrected chi connectivity index (χ1v) is 11.1. The third kappa shape index (κ3) is 3.65. The van der Waals surface area contributed by atoms with Gasteiger partial charge in [-0.05, 0) is 66.6 Å². The van der Waals surface area contributed by atoms with Crippen LogP contribution in [0.5, 0.6) is 5.75 Å². The number of hydrogen-bond donors (Lipinski definition) is 1. The molecule has 4 rings (SSSR count). The third-order valence-corrected chi connectivity index (χ3v) is 6.69. The average Bonchev–Trinajstić information content (AvgIpc) is 2.96. The number of hydrogen-bond acceptors (Lipinski definition) is 4. The molecule has 32 heavy (non-hydrogen) atoms. The zero-order chi connectivity index (χ0) is 22.9. The summed E-state index contributed by atoms with van der Waals surface area (Å²) in [6, 6.07) is 24.7. The first-order chi connectivity index (χ1) is 15.3. The van der Waals surface area contributed by atoms with Crippen molar-refractivity contribution < 1.29 is 9.84 Å². The van der Waals surface area contributed by atoms with Crippen molar-refractivity contribution in [1.82, 2.24) is 0 Å². The number of nitrogens with zero attached hydrogens (tertiary/aromatic N) is 2. The van der Waals surface area contributed by atoms with Crippen LogP contribution in [0, 0.1) is 0 Å². The molecule has 0 amide bonds. The summed E-state index contributed by atoms with van der Waals surface area (Å²) < 4.78 is 5.53. The second-order valence-electron chi connectivity index (χ2n) is 8.84. The Hall–Kier alpha value is -3.24. The molecular weight excluding hydrogens is 396 g/mol. The minimum Gasteiger partial charge on any atom is -0.494 e. The summed E-state index contributed by atoms with van der Waals surface area (Å²) in [6.07, 6.45) is 3.92. The Bertz CT molecular complexity index is 1100. The Morgan fingerprint density at radius 2 is 1.53 bits per heavy atom. The number of fused-ring (bicyclic) bond motifs is 1. The van der Waals surface area contributed by atoms with Crippen LogP contribution in [-0.2, 0) is 5.41 Å². The van der Waals surface area contributed by atoms with E-state index in [1.165, 1.54) is 0 Å². The number of ether oxygens (including phenoxy) is 1. The molecule has 3 aromatic carbocycles. The molecule has 0 spiro atoms. The van der Waals surface area contributed by atoms with E-state index in [2.05, 4.69) is 74.3 Å². The van der Waals surface area contributed by atoms with Crippen LogP contribution in [0.15, 0.2) is 78.9 Å². The van der Waals surface area contributed by atoms with E-state index < -0.39 is 11.1 Å². The maximum Gasteiger partial charge on any atom is 0.166 e. The van der Waals surface area contributed by atoms with E-state index in [-0.39, 0.29) is 0 Å². The van der Waals surface area contributed by atoms with Gasteiger partial charge in [0.05, 0.1) is 6.61 Å². The lowest BCUT2D eigenvalue weighted by Crippen LogP contribution is -2.52.